The number of alkyl halides is 3. The van der Waals surface area contributed by atoms with Crippen molar-refractivity contribution in [2.75, 3.05) is 32.8 Å². The van der Waals surface area contributed by atoms with Crippen molar-refractivity contribution in [2.45, 2.75) is 44.4 Å². The summed E-state index contributed by atoms with van der Waals surface area (Å²) in [7, 11) is 0. The van der Waals surface area contributed by atoms with E-state index in [1.54, 1.807) is 0 Å². The fourth-order valence-electron chi connectivity index (χ4n) is 2.14. The highest BCUT2D eigenvalue weighted by atomic mass is 19.4. The minimum Gasteiger partial charge on any atom is -0.382 e. The van der Waals surface area contributed by atoms with Crippen LogP contribution in [0.25, 0.3) is 0 Å². The predicted octanol–water partition coefficient (Wildman–Crippen LogP) is 1.90. The SMILES string of the molecule is CCOCCCCNC(=O)N1CCC(O)(C(F)(F)F)CC1. The quantitative estimate of drug-likeness (QED) is 0.737. The summed E-state index contributed by atoms with van der Waals surface area (Å²) in [6.45, 7) is 3.46. The van der Waals surface area contributed by atoms with Crippen molar-refractivity contribution in [2.24, 2.45) is 0 Å². The first-order valence-electron chi connectivity index (χ1n) is 7.20. The number of nitrogens with zero attached hydrogens (tertiary/aromatic N) is 1. The molecule has 21 heavy (non-hydrogen) atoms. The van der Waals surface area contributed by atoms with E-state index in [2.05, 4.69) is 5.32 Å². The number of amides is 2. The second-order valence-electron chi connectivity index (χ2n) is 5.15. The lowest BCUT2D eigenvalue weighted by Gasteiger charge is -2.39. The molecule has 1 rings (SSSR count). The molecule has 2 N–H and O–H groups in total. The van der Waals surface area contributed by atoms with Gasteiger partial charge in [-0.2, -0.15) is 13.2 Å². The number of nitrogens with one attached hydrogen (secondary N) is 1. The van der Waals surface area contributed by atoms with E-state index in [0.29, 0.717) is 19.8 Å². The standard InChI is InChI=1S/C13H23F3N2O3/c1-2-21-10-4-3-7-17-11(19)18-8-5-12(20,6-9-18)13(14,15)16/h20H,2-10H2,1H3,(H,17,19). The van der Waals surface area contributed by atoms with E-state index in [0.717, 1.165) is 12.8 Å². The number of halogens is 3. The van der Waals surface area contributed by atoms with E-state index < -0.39 is 24.6 Å². The van der Waals surface area contributed by atoms with Gasteiger partial charge in [0.25, 0.3) is 0 Å². The first-order chi connectivity index (χ1) is 9.80. The Morgan fingerprint density at radius 2 is 1.95 bits per heavy atom. The number of aliphatic hydroxyl groups is 1. The number of likely N-dealkylation sites (tertiary alicyclic amines) is 1. The maximum Gasteiger partial charge on any atom is 0.417 e. The van der Waals surface area contributed by atoms with Gasteiger partial charge in [-0.05, 0) is 19.8 Å². The van der Waals surface area contributed by atoms with Gasteiger partial charge in [0, 0.05) is 45.7 Å². The maximum absolute atomic E-state index is 12.6. The van der Waals surface area contributed by atoms with Gasteiger partial charge >= 0.3 is 12.2 Å². The number of carbonyl (C=O) groups excluding carboxylic acids is 1. The maximum atomic E-state index is 12.6. The normalized spacial score (nSPS) is 18.6. The Morgan fingerprint density at radius 3 is 2.48 bits per heavy atom. The molecule has 0 aliphatic carbocycles. The van der Waals surface area contributed by atoms with Crippen LogP contribution in [-0.2, 0) is 4.74 Å². The summed E-state index contributed by atoms with van der Waals surface area (Å²) in [6, 6.07) is -0.379. The van der Waals surface area contributed by atoms with E-state index in [1.807, 2.05) is 6.92 Å². The molecule has 2 amide bonds. The number of hydrogen-bond donors (Lipinski definition) is 2. The molecule has 0 aromatic carbocycles. The van der Waals surface area contributed by atoms with Crippen molar-refractivity contribution < 1.29 is 27.8 Å². The van der Waals surface area contributed by atoms with Gasteiger partial charge in [0.1, 0.15) is 0 Å². The Labute approximate surface area is 122 Å². The molecule has 8 heteroatoms. The van der Waals surface area contributed by atoms with Crippen molar-refractivity contribution in [1.29, 1.82) is 0 Å². The fourth-order valence-corrected chi connectivity index (χ4v) is 2.14. The van der Waals surface area contributed by atoms with E-state index in [9.17, 15) is 23.1 Å². The third kappa shape index (κ3) is 5.35. The lowest BCUT2D eigenvalue weighted by atomic mass is 9.91. The molecule has 0 aromatic heterocycles. The fraction of sp³-hybridized carbons (Fsp3) is 0.923. The van der Waals surface area contributed by atoms with E-state index >= 15 is 0 Å². The number of urea groups is 1. The number of hydrogen-bond acceptors (Lipinski definition) is 3. The Morgan fingerprint density at radius 1 is 1.33 bits per heavy atom. The van der Waals surface area contributed by atoms with Crippen molar-refractivity contribution >= 4 is 6.03 Å². The van der Waals surface area contributed by atoms with Gasteiger partial charge in [-0.15, -0.1) is 0 Å². The number of unbranched alkanes of at least 4 members (excludes halogenated alkanes) is 1. The molecule has 1 fully saturated rings. The second kappa shape index (κ2) is 7.84. The summed E-state index contributed by atoms with van der Waals surface area (Å²) in [5.41, 5.74) is -2.67. The molecule has 0 radical (unpaired) electrons. The average Bonchev–Trinajstić information content (AvgIpc) is 2.42. The minimum atomic E-state index is -4.64. The van der Waals surface area contributed by atoms with Crippen LogP contribution in [0.4, 0.5) is 18.0 Å². The molecule has 0 unspecified atom stereocenters. The summed E-state index contributed by atoms with van der Waals surface area (Å²) in [4.78, 5) is 13.1. The lowest BCUT2D eigenvalue weighted by molar-refractivity contribution is -0.271. The number of rotatable bonds is 6. The second-order valence-corrected chi connectivity index (χ2v) is 5.15. The zero-order valence-corrected chi connectivity index (χ0v) is 12.2. The van der Waals surface area contributed by atoms with Crippen LogP contribution in [0.1, 0.15) is 32.6 Å². The van der Waals surface area contributed by atoms with Crippen LogP contribution < -0.4 is 5.32 Å². The van der Waals surface area contributed by atoms with E-state index in [-0.39, 0.29) is 19.1 Å². The Hall–Kier alpha value is -1.02. The van der Waals surface area contributed by atoms with Gasteiger partial charge in [0.05, 0.1) is 0 Å². The van der Waals surface area contributed by atoms with Crippen LogP contribution in [0.5, 0.6) is 0 Å². The summed E-state index contributed by atoms with van der Waals surface area (Å²) in [5, 5.41) is 12.2. The number of piperidine rings is 1. The molecule has 5 nitrogen and oxygen atoms in total. The molecule has 0 bridgehead atoms. The average molecular weight is 312 g/mol. The number of carbonyl (C=O) groups is 1. The molecule has 1 saturated heterocycles. The summed E-state index contributed by atoms with van der Waals surface area (Å²) in [6.07, 6.45) is -4.02. The predicted molar refractivity (Wildman–Crippen MR) is 70.9 cm³/mol. The van der Waals surface area contributed by atoms with Gasteiger partial charge in [-0.1, -0.05) is 0 Å². The van der Waals surface area contributed by atoms with Crippen molar-refractivity contribution in [3.63, 3.8) is 0 Å². The molecule has 1 heterocycles. The third-order valence-electron chi connectivity index (χ3n) is 3.60. The monoisotopic (exact) mass is 312 g/mol. The van der Waals surface area contributed by atoms with Gasteiger partial charge < -0.3 is 20.1 Å². The topological polar surface area (TPSA) is 61.8 Å². The molecule has 124 valence electrons. The van der Waals surface area contributed by atoms with Gasteiger partial charge in [0.2, 0.25) is 0 Å². The largest absolute Gasteiger partial charge is 0.417 e. The lowest BCUT2D eigenvalue weighted by Crippen LogP contribution is -2.55. The summed E-state index contributed by atoms with van der Waals surface area (Å²) < 4.78 is 43.0. The van der Waals surface area contributed by atoms with Gasteiger partial charge in [-0.25, -0.2) is 4.79 Å². The van der Waals surface area contributed by atoms with E-state index in [4.69, 9.17) is 4.74 Å². The van der Waals surface area contributed by atoms with Crippen molar-refractivity contribution in [3.8, 4) is 0 Å². The van der Waals surface area contributed by atoms with Crippen molar-refractivity contribution in [1.82, 2.24) is 10.2 Å². The minimum absolute atomic E-state index is 0.0964. The van der Waals surface area contributed by atoms with E-state index in [1.165, 1.54) is 4.90 Å². The smallest absolute Gasteiger partial charge is 0.382 e. The first kappa shape index (κ1) is 18.0. The van der Waals surface area contributed by atoms with Crippen LogP contribution in [0.3, 0.4) is 0 Å². The first-order valence-corrected chi connectivity index (χ1v) is 7.20. The highest BCUT2D eigenvalue weighted by Gasteiger charge is 2.54. The summed E-state index contributed by atoms with van der Waals surface area (Å²) >= 11 is 0. The molecule has 1 aliphatic rings. The van der Waals surface area contributed by atoms with Crippen LogP contribution in [0.2, 0.25) is 0 Å². The van der Waals surface area contributed by atoms with Crippen LogP contribution in [0.15, 0.2) is 0 Å². The van der Waals surface area contributed by atoms with Gasteiger partial charge in [-0.3, -0.25) is 0 Å². The Bertz CT molecular complexity index is 329. The van der Waals surface area contributed by atoms with Crippen LogP contribution in [0, 0.1) is 0 Å². The summed E-state index contributed by atoms with van der Waals surface area (Å²) in [5.74, 6) is 0. The molecule has 0 saturated carbocycles. The van der Waals surface area contributed by atoms with Crippen LogP contribution in [-0.4, -0.2) is 60.7 Å². The zero-order valence-electron chi connectivity index (χ0n) is 12.2. The third-order valence-corrected chi connectivity index (χ3v) is 3.60. The van der Waals surface area contributed by atoms with Gasteiger partial charge in [0.15, 0.2) is 5.60 Å². The van der Waals surface area contributed by atoms with Crippen LogP contribution >= 0.6 is 0 Å². The molecular weight excluding hydrogens is 289 g/mol. The van der Waals surface area contributed by atoms with Crippen molar-refractivity contribution in [3.05, 3.63) is 0 Å². The zero-order chi connectivity index (χ0) is 15.9. The molecule has 0 spiro atoms. The molecule has 0 aromatic rings. The molecule has 1 aliphatic heterocycles. The number of ether oxygens (including phenoxy) is 1. The Balaban J connectivity index is 2.23. The highest BCUT2D eigenvalue weighted by Crippen LogP contribution is 2.38. The Kier molecular flexibility index (Phi) is 6.73. The highest BCUT2D eigenvalue weighted by molar-refractivity contribution is 5.74. The molecular formula is C13H23F3N2O3. The molecule has 0 atom stereocenters.